The molecule has 2 aromatic carbocycles. The lowest BCUT2D eigenvalue weighted by atomic mass is 9.95. The number of likely N-dealkylation sites (tertiary alicyclic amines) is 1. The van der Waals surface area contributed by atoms with Gasteiger partial charge in [-0.15, -0.1) is 5.10 Å². The van der Waals surface area contributed by atoms with Crippen molar-refractivity contribution in [1.82, 2.24) is 29.9 Å². The molecule has 0 spiro atoms. The van der Waals surface area contributed by atoms with Crippen molar-refractivity contribution in [2.75, 3.05) is 27.3 Å². The van der Waals surface area contributed by atoms with Gasteiger partial charge in [0.1, 0.15) is 11.6 Å². The number of aromatic amines is 1. The van der Waals surface area contributed by atoms with Gasteiger partial charge in [-0.2, -0.15) is 0 Å². The van der Waals surface area contributed by atoms with Crippen molar-refractivity contribution in [3.63, 3.8) is 0 Å². The van der Waals surface area contributed by atoms with E-state index in [1.807, 2.05) is 0 Å². The summed E-state index contributed by atoms with van der Waals surface area (Å²) in [6.45, 7) is 1.35. The lowest BCUT2D eigenvalue weighted by Gasteiger charge is -2.31. The van der Waals surface area contributed by atoms with Gasteiger partial charge in [0.05, 0.1) is 20.8 Å². The second-order valence-corrected chi connectivity index (χ2v) is 8.63. The first-order chi connectivity index (χ1) is 17.5. The van der Waals surface area contributed by atoms with E-state index in [1.165, 1.54) is 23.9 Å². The SMILES string of the molecule is COc1ccc(C(=O)N2CCC(c3nc4c(nnn4Cc4ccc(F)cc4)c(=O)[nH]3)CC2)cc1OC. The molecule has 1 amide bonds. The average Bonchev–Trinajstić information content (AvgIpc) is 3.32. The number of rotatable bonds is 6. The quantitative estimate of drug-likeness (QED) is 0.440. The Kier molecular flexibility index (Phi) is 6.36. The van der Waals surface area contributed by atoms with E-state index in [2.05, 4.69) is 20.3 Å². The molecule has 0 bridgehead atoms. The number of hydrogen-bond acceptors (Lipinski definition) is 7. The Morgan fingerprint density at radius 1 is 1.08 bits per heavy atom. The molecular weight excluding hydrogens is 467 g/mol. The topological polar surface area (TPSA) is 115 Å². The fourth-order valence-corrected chi connectivity index (χ4v) is 4.45. The first-order valence-electron chi connectivity index (χ1n) is 11.6. The van der Waals surface area contributed by atoms with Crippen LogP contribution in [0.1, 0.15) is 40.5 Å². The van der Waals surface area contributed by atoms with E-state index >= 15 is 0 Å². The molecule has 0 atom stereocenters. The number of piperidine rings is 1. The second kappa shape index (κ2) is 9.76. The molecule has 5 rings (SSSR count). The van der Waals surface area contributed by atoms with Crippen molar-refractivity contribution in [3.8, 4) is 11.5 Å². The Hall–Kier alpha value is -4.28. The van der Waals surface area contributed by atoms with E-state index in [0.717, 1.165) is 5.56 Å². The summed E-state index contributed by atoms with van der Waals surface area (Å²) < 4.78 is 25.3. The van der Waals surface area contributed by atoms with Gasteiger partial charge in [0.2, 0.25) is 0 Å². The summed E-state index contributed by atoms with van der Waals surface area (Å²) >= 11 is 0. The zero-order valence-corrected chi connectivity index (χ0v) is 19.9. The highest BCUT2D eigenvalue weighted by molar-refractivity contribution is 5.95. The van der Waals surface area contributed by atoms with E-state index in [9.17, 15) is 14.0 Å². The van der Waals surface area contributed by atoms with Crippen LogP contribution in [0.2, 0.25) is 0 Å². The van der Waals surface area contributed by atoms with Crippen LogP contribution >= 0.6 is 0 Å². The number of amides is 1. The number of halogens is 1. The Morgan fingerprint density at radius 2 is 1.81 bits per heavy atom. The summed E-state index contributed by atoms with van der Waals surface area (Å²) in [4.78, 5) is 35.0. The van der Waals surface area contributed by atoms with E-state index in [4.69, 9.17) is 9.47 Å². The summed E-state index contributed by atoms with van der Waals surface area (Å²) in [5.41, 5.74) is 1.51. The standard InChI is InChI=1S/C25H25FN6O4/c1-35-19-8-5-17(13-20(19)36-2)25(34)31-11-9-16(10-12-31)22-27-23-21(24(33)28-22)29-30-32(23)14-15-3-6-18(26)7-4-15/h3-8,13,16H,9-12,14H2,1-2H3,(H,27,28,33). The van der Waals surface area contributed by atoms with E-state index in [-0.39, 0.29) is 28.7 Å². The first kappa shape index (κ1) is 23.5. The number of ether oxygens (including phenoxy) is 2. The Balaban J connectivity index is 1.32. The van der Waals surface area contributed by atoms with Crippen LogP contribution < -0.4 is 15.0 Å². The number of benzene rings is 2. The number of methoxy groups -OCH3 is 2. The maximum atomic E-state index is 13.2. The zero-order valence-electron chi connectivity index (χ0n) is 19.9. The lowest BCUT2D eigenvalue weighted by molar-refractivity contribution is 0.0710. The molecule has 10 nitrogen and oxygen atoms in total. The van der Waals surface area contributed by atoms with Crippen LogP contribution in [0.4, 0.5) is 4.39 Å². The van der Waals surface area contributed by atoms with Crippen LogP contribution in [0.3, 0.4) is 0 Å². The van der Waals surface area contributed by atoms with Gasteiger partial charge in [-0.1, -0.05) is 17.3 Å². The van der Waals surface area contributed by atoms with Crippen LogP contribution in [0.25, 0.3) is 11.2 Å². The smallest absolute Gasteiger partial charge is 0.281 e. The van der Waals surface area contributed by atoms with Crippen molar-refractivity contribution in [2.45, 2.75) is 25.3 Å². The van der Waals surface area contributed by atoms with E-state index in [1.54, 1.807) is 42.3 Å². The van der Waals surface area contributed by atoms with Crippen molar-refractivity contribution in [3.05, 3.63) is 75.6 Å². The molecule has 0 aliphatic carbocycles. The van der Waals surface area contributed by atoms with Gasteiger partial charge in [-0.05, 0) is 48.7 Å². The molecule has 1 saturated heterocycles. The molecule has 3 heterocycles. The highest BCUT2D eigenvalue weighted by atomic mass is 19.1. The highest BCUT2D eigenvalue weighted by Gasteiger charge is 2.27. The minimum Gasteiger partial charge on any atom is -0.493 e. The Bertz CT molecular complexity index is 1460. The molecule has 0 saturated carbocycles. The number of hydrogen-bond donors (Lipinski definition) is 1. The molecule has 4 aromatic rings. The molecule has 11 heteroatoms. The van der Waals surface area contributed by atoms with Gasteiger partial charge < -0.3 is 19.4 Å². The maximum absolute atomic E-state index is 13.2. The van der Waals surface area contributed by atoms with Crippen molar-refractivity contribution in [1.29, 1.82) is 0 Å². The largest absolute Gasteiger partial charge is 0.493 e. The van der Waals surface area contributed by atoms with Gasteiger partial charge in [0.15, 0.2) is 22.7 Å². The molecule has 1 aliphatic heterocycles. The second-order valence-electron chi connectivity index (χ2n) is 8.63. The third-order valence-electron chi connectivity index (χ3n) is 6.44. The molecule has 1 aliphatic rings. The molecule has 1 N–H and O–H groups in total. The third kappa shape index (κ3) is 4.51. The fourth-order valence-electron chi connectivity index (χ4n) is 4.45. The molecule has 186 valence electrons. The zero-order chi connectivity index (χ0) is 25.2. The van der Waals surface area contributed by atoms with Gasteiger partial charge in [0.25, 0.3) is 11.5 Å². The number of H-pyrrole nitrogens is 1. The number of carbonyl (C=O) groups is 1. The normalized spacial score (nSPS) is 14.2. The summed E-state index contributed by atoms with van der Waals surface area (Å²) in [7, 11) is 3.08. The summed E-state index contributed by atoms with van der Waals surface area (Å²) in [6, 6.07) is 11.2. The lowest BCUT2D eigenvalue weighted by Crippen LogP contribution is -2.38. The summed E-state index contributed by atoms with van der Waals surface area (Å²) in [6.07, 6.45) is 1.29. The third-order valence-corrected chi connectivity index (χ3v) is 6.44. The fraction of sp³-hybridized carbons (Fsp3) is 0.320. The number of fused-ring (bicyclic) bond motifs is 1. The van der Waals surface area contributed by atoms with Crippen molar-refractivity contribution >= 4 is 17.1 Å². The number of nitrogens with one attached hydrogen (secondary N) is 1. The predicted molar refractivity (Wildman–Crippen MR) is 129 cm³/mol. The van der Waals surface area contributed by atoms with Crippen LogP contribution in [0.15, 0.2) is 47.3 Å². The highest BCUT2D eigenvalue weighted by Crippen LogP contribution is 2.30. The minimum absolute atomic E-state index is 0.0225. The van der Waals surface area contributed by atoms with Crippen LogP contribution in [0, 0.1) is 5.82 Å². The number of aromatic nitrogens is 5. The van der Waals surface area contributed by atoms with Crippen LogP contribution in [-0.2, 0) is 6.54 Å². The molecule has 36 heavy (non-hydrogen) atoms. The number of nitrogens with zero attached hydrogens (tertiary/aromatic N) is 5. The van der Waals surface area contributed by atoms with Crippen LogP contribution in [-0.4, -0.2) is 63.1 Å². The molecule has 1 fully saturated rings. The van der Waals surface area contributed by atoms with Gasteiger partial charge in [-0.25, -0.2) is 14.1 Å². The molecular formula is C25H25FN6O4. The number of carbonyl (C=O) groups excluding carboxylic acids is 1. The van der Waals surface area contributed by atoms with Gasteiger partial charge >= 0.3 is 0 Å². The van der Waals surface area contributed by atoms with E-state index in [0.29, 0.717) is 61.0 Å². The molecule has 0 unspecified atom stereocenters. The Labute approximate surface area is 205 Å². The van der Waals surface area contributed by atoms with Gasteiger partial charge in [0, 0.05) is 24.6 Å². The monoisotopic (exact) mass is 492 g/mol. The maximum Gasteiger partial charge on any atom is 0.281 e. The van der Waals surface area contributed by atoms with Crippen molar-refractivity contribution < 1.29 is 18.7 Å². The molecule has 2 aromatic heterocycles. The Morgan fingerprint density at radius 3 is 2.50 bits per heavy atom. The predicted octanol–water partition coefficient (Wildman–Crippen LogP) is 2.74. The summed E-state index contributed by atoms with van der Waals surface area (Å²) in [5.74, 6) is 1.17. The van der Waals surface area contributed by atoms with Gasteiger partial charge in [-0.3, -0.25) is 9.59 Å². The van der Waals surface area contributed by atoms with E-state index < -0.39 is 0 Å². The van der Waals surface area contributed by atoms with Crippen LogP contribution in [0.5, 0.6) is 11.5 Å². The van der Waals surface area contributed by atoms with Crippen molar-refractivity contribution in [2.24, 2.45) is 0 Å². The minimum atomic E-state index is -0.357. The average molecular weight is 493 g/mol. The summed E-state index contributed by atoms with van der Waals surface area (Å²) in [5, 5.41) is 8.05. The molecule has 0 radical (unpaired) electrons. The first-order valence-corrected chi connectivity index (χ1v) is 11.6.